The molecule has 3 rings (SSSR count). The van der Waals surface area contributed by atoms with Gasteiger partial charge in [-0.15, -0.1) is 0 Å². The number of aromatic hydroxyl groups is 1. The van der Waals surface area contributed by atoms with Crippen molar-refractivity contribution in [1.29, 1.82) is 0 Å². The fraction of sp³-hybridized carbons (Fsp3) is 0.375. The van der Waals surface area contributed by atoms with E-state index in [2.05, 4.69) is 5.32 Å². The number of rotatable bonds is 2. The van der Waals surface area contributed by atoms with Crippen molar-refractivity contribution in [3.8, 4) is 5.75 Å². The molecule has 128 valence electrons. The molecule has 1 aromatic carbocycles. The first-order valence-corrected chi connectivity index (χ1v) is 7.40. The number of carbonyl (C=O) groups is 1. The summed E-state index contributed by atoms with van der Waals surface area (Å²) in [4.78, 5) is 24.1. The van der Waals surface area contributed by atoms with Crippen LogP contribution in [0, 0.1) is 5.82 Å². The van der Waals surface area contributed by atoms with Crippen molar-refractivity contribution in [3.05, 3.63) is 40.0 Å². The predicted octanol–water partition coefficient (Wildman–Crippen LogP) is 2.95. The summed E-state index contributed by atoms with van der Waals surface area (Å²) < 4.78 is 45.1. The van der Waals surface area contributed by atoms with E-state index in [-0.39, 0.29) is 23.8 Å². The molecule has 24 heavy (non-hydrogen) atoms. The van der Waals surface area contributed by atoms with Crippen molar-refractivity contribution in [1.82, 2.24) is 5.32 Å². The molecule has 8 heteroatoms. The smallest absolute Gasteiger partial charge is 0.287 e. The molecule has 2 aromatic rings. The third-order valence-corrected chi connectivity index (χ3v) is 3.97. The summed E-state index contributed by atoms with van der Waals surface area (Å²) in [5, 5.41) is 11.9. The zero-order valence-electron chi connectivity index (χ0n) is 12.4. The van der Waals surface area contributed by atoms with Crippen LogP contribution in [0.5, 0.6) is 5.75 Å². The summed E-state index contributed by atoms with van der Waals surface area (Å²) in [5.41, 5.74) is -1.05. The monoisotopic (exact) mass is 341 g/mol. The van der Waals surface area contributed by atoms with E-state index in [4.69, 9.17) is 4.42 Å². The van der Waals surface area contributed by atoms with Gasteiger partial charge in [0.25, 0.3) is 5.91 Å². The number of alkyl halides is 2. The second-order valence-corrected chi connectivity index (χ2v) is 5.90. The van der Waals surface area contributed by atoms with Crippen molar-refractivity contribution in [2.75, 3.05) is 0 Å². The molecule has 1 heterocycles. The number of halogens is 3. The topological polar surface area (TPSA) is 79.5 Å². The number of phenolic OH excluding ortho intramolecular Hbond substituents is 1. The van der Waals surface area contributed by atoms with E-state index in [9.17, 15) is 27.9 Å². The van der Waals surface area contributed by atoms with Crippen LogP contribution in [0.4, 0.5) is 13.2 Å². The molecule has 1 atom stereocenters. The number of hydrogen-bond acceptors (Lipinski definition) is 4. The van der Waals surface area contributed by atoms with E-state index in [0.717, 1.165) is 18.2 Å². The Balaban J connectivity index is 1.89. The Morgan fingerprint density at radius 3 is 2.79 bits per heavy atom. The van der Waals surface area contributed by atoms with Crippen LogP contribution < -0.4 is 10.7 Å². The van der Waals surface area contributed by atoms with E-state index in [1.54, 1.807) is 0 Å². The second-order valence-electron chi connectivity index (χ2n) is 5.90. The maximum Gasteiger partial charge on any atom is 0.287 e. The molecule has 1 aliphatic rings. The molecular formula is C16H14F3NO4. The van der Waals surface area contributed by atoms with Crippen molar-refractivity contribution in [3.63, 3.8) is 0 Å². The van der Waals surface area contributed by atoms with Gasteiger partial charge in [-0.05, 0) is 18.9 Å². The molecule has 0 saturated heterocycles. The number of carbonyl (C=O) groups excluding carboxylic acids is 1. The Morgan fingerprint density at radius 1 is 1.33 bits per heavy atom. The van der Waals surface area contributed by atoms with Gasteiger partial charge in [-0.2, -0.15) is 0 Å². The normalized spacial score (nSPS) is 20.0. The van der Waals surface area contributed by atoms with E-state index in [1.807, 2.05) is 0 Å². The molecular weight excluding hydrogens is 327 g/mol. The Bertz CT molecular complexity index is 862. The number of phenols is 1. The lowest BCUT2D eigenvalue weighted by molar-refractivity contribution is -0.0430. The molecule has 0 radical (unpaired) electrons. The van der Waals surface area contributed by atoms with Crippen LogP contribution in [-0.4, -0.2) is 23.0 Å². The highest BCUT2D eigenvalue weighted by Crippen LogP contribution is 2.33. The Morgan fingerprint density at radius 2 is 2.08 bits per heavy atom. The molecule has 0 spiro atoms. The van der Waals surface area contributed by atoms with Gasteiger partial charge in [0.05, 0.1) is 5.39 Å². The molecule has 1 unspecified atom stereocenters. The van der Waals surface area contributed by atoms with Crippen LogP contribution in [-0.2, 0) is 0 Å². The molecule has 1 fully saturated rings. The van der Waals surface area contributed by atoms with Gasteiger partial charge in [0.15, 0.2) is 22.5 Å². The highest BCUT2D eigenvalue weighted by atomic mass is 19.3. The molecule has 1 saturated carbocycles. The average Bonchev–Trinajstić information content (AvgIpc) is 2.47. The van der Waals surface area contributed by atoms with Gasteiger partial charge in [-0.3, -0.25) is 9.59 Å². The molecule has 1 aromatic heterocycles. The molecule has 2 N–H and O–H groups in total. The van der Waals surface area contributed by atoms with Gasteiger partial charge in [0.1, 0.15) is 5.82 Å². The number of amides is 1. The first-order chi connectivity index (χ1) is 11.2. The first-order valence-electron chi connectivity index (χ1n) is 7.40. The van der Waals surface area contributed by atoms with Gasteiger partial charge in [0, 0.05) is 31.0 Å². The summed E-state index contributed by atoms with van der Waals surface area (Å²) in [6.45, 7) is 0. The van der Waals surface area contributed by atoms with E-state index < -0.39 is 47.0 Å². The highest BCUT2D eigenvalue weighted by Gasteiger charge is 2.37. The molecule has 0 bridgehead atoms. The summed E-state index contributed by atoms with van der Waals surface area (Å²) >= 11 is 0. The van der Waals surface area contributed by atoms with Crippen molar-refractivity contribution >= 4 is 16.9 Å². The summed E-state index contributed by atoms with van der Waals surface area (Å²) in [5.74, 6) is -5.55. The molecule has 0 aliphatic heterocycles. The molecule has 1 aliphatic carbocycles. The van der Waals surface area contributed by atoms with Crippen LogP contribution in [0.25, 0.3) is 11.0 Å². The minimum Gasteiger partial charge on any atom is -0.504 e. The van der Waals surface area contributed by atoms with E-state index >= 15 is 0 Å². The zero-order valence-corrected chi connectivity index (χ0v) is 12.4. The van der Waals surface area contributed by atoms with Gasteiger partial charge < -0.3 is 14.8 Å². The minimum absolute atomic E-state index is 0.215. The maximum absolute atomic E-state index is 13.4. The predicted molar refractivity (Wildman–Crippen MR) is 78.8 cm³/mol. The quantitative estimate of drug-likeness (QED) is 0.880. The average molecular weight is 341 g/mol. The largest absolute Gasteiger partial charge is 0.504 e. The fourth-order valence-corrected chi connectivity index (χ4v) is 2.87. The number of fused-ring (bicyclic) bond motifs is 1. The molecule has 5 nitrogen and oxygen atoms in total. The van der Waals surface area contributed by atoms with Crippen molar-refractivity contribution in [2.24, 2.45) is 0 Å². The van der Waals surface area contributed by atoms with Gasteiger partial charge in [0.2, 0.25) is 5.92 Å². The van der Waals surface area contributed by atoms with Crippen LogP contribution in [0.1, 0.15) is 36.2 Å². The zero-order chi connectivity index (χ0) is 17.5. The van der Waals surface area contributed by atoms with E-state index in [0.29, 0.717) is 6.42 Å². The standard InChI is InChI=1S/C16H14F3NO4/c17-8-4-10-11(21)6-13(24-14(10)12(22)5-8)15(23)20-9-2-1-3-16(18,19)7-9/h4-6,9,22H,1-3,7H2,(H,20,23). The highest BCUT2D eigenvalue weighted by molar-refractivity contribution is 5.94. The SMILES string of the molecule is O=C(NC1CCCC(F)(F)C1)c1cc(=O)c2cc(F)cc(O)c2o1. The number of benzene rings is 1. The third kappa shape index (κ3) is 3.22. The van der Waals surface area contributed by atoms with Crippen molar-refractivity contribution in [2.45, 2.75) is 37.6 Å². The Hall–Kier alpha value is -2.51. The maximum atomic E-state index is 13.4. The van der Waals surface area contributed by atoms with Gasteiger partial charge >= 0.3 is 0 Å². The Labute approximate surface area is 134 Å². The van der Waals surface area contributed by atoms with E-state index in [1.165, 1.54) is 0 Å². The van der Waals surface area contributed by atoms with Crippen LogP contribution in [0.3, 0.4) is 0 Å². The van der Waals surface area contributed by atoms with Crippen molar-refractivity contribution < 1.29 is 27.5 Å². The van der Waals surface area contributed by atoms with Gasteiger partial charge in [-0.25, -0.2) is 13.2 Å². The fourth-order valence-electron chi connectivity index (χ4n) is 2.87. The number of nitrogens with one attached hydrogen (secondary N) is 1. The van der Waals surface area contributed by atoms with Crippen LogP contribution >= 0.6 is 0 Å². The minimum atomic E-state index is -2.84. The molecule has 1 amide bonds. The lowest BCUT2D eigenvalue weighted by atomic mass is 9.92. The lowest BCUT2D eigenvalue weighted by Crippen LogP contribution is -2.42. The first kappa shape index (κ1) is 16.4. The summed E-state index contributed by atoms with van der Waals surface area (Å²) in [7, 11) is 0. The lowest BCUT2D eigenvalue weighted by Gasteiger charge is -2.29. The Kier molecular flexibility index (Phi) is 3.98. The summed E-state index contributed by atoms with van der Waals surface area (Å²) in [6.07, 6.45) is -0.0217. The van der Waals surface area contributed by atoms with Crippen LogP contribution in [0.15, 0.2) is 27.4 Å². The van der Waals surface area contributed by atoms with Crippen LogP contribution in [0.2, 0.25) is 0 Å². The summed E-state index contributed by atoms with van der Waals surface area (Å²) in [6, 6.07) is 1.74. The third-order valence-electron chi connectivity index (χ3n) is 3.97. The number of hydrogen-bond donors (Lipinski definition) is 2. The van der Waals surface area contributed by atoms with Gasteiger partial charge in [-0.1, -0.05) is 0 Å². The second kappa shape index (κ2) is 5.85.